The molecule has 1 N–H and O–H groups in total. The summed E-state index contributed by atoms with van der Waals surface area (Å²) in [6, 6.07) is 14.8. The molecule has 1 aliphatic rings. The van der Waals surface area contributed by atoms with E-state index in [2.05, 4.69) is 5.32 Å². The molecule has 0 atom stereocenters. The van der Waals surface area contributed by atoms with E-state index in [1.54, 1.807) is 41.1 Å². The Kier molecular flexibility index (Phi) is 6.08. The van der Waals surface area contributed by atoms with E-state index in [4.69, 9.17) is 4.74 Å². The monoisotopic (exact) mass is 367 g/mol. The number of benzene rings is 2. The molecule has 0 aromatic heterocycles. The number of nitrogens with one attached hydrogen (secondary N) is 1. The van der Waals surface area contributed by atoms with Crippen LogP contribution in [0, 0.1) is 6.92 Å². The van der Waals surface area contributed by atoms with Crippen molar-refractivity contribution in [3.05, 3.63) is 65.2 Å². The van der Waals surface area contributed by atoms with E-state index in [0.717, 1.165) is 11.1 Å². The molecule has 2 aromatic carbocycles. The van der Waals surface area contributed by atoms with Crippen LogP contribution in [0.4, 0.5) is 10.5 Å². The van der Waals surface area contributed by atoms with Crippen LogP contribution in [0.1, 0.15) is 21.5 Å². The first-order valence-corrected chi connectivity index (χ1v) is 9.08. The fourth-order valence-electron chi connectivity index (χ4n) is 2.98. The minimum Gasteiger partial charge on any atom is -0.378 e. The normalized spacial score (nSPS) is 13.9. The van der Waals surface area contributed by atoms with Crippen LogP contribution in [0.25, 0.3) is 0 Å². The molecule has 1 fully saturated rings. The zero-order valence-electron chi connectivity index (χ0n) is 15.8. The zero-order valence-corrected chi connectivity index (χ0v) is 15.8. The van der Waals surface area contributed by atoms with Gasteiger partial charge in [0.05, 0.1) is 13.2 Å². The maximum Gasteiger partial charge on any atom is 0.321 e. The maximum absolute atomic E-state index is 12.5. The van der Waals surface area contributed by atoms with Gasteiger partial charge in [-0.15, -0.1) is 0 Å². The Morgan fingerprint density at radius 2 is 1.74 bits per heavy atom. The number of morpholine rings is 1. The summed E-state index contributed by atoms with van der Waals surface area (Å²) in [4.78, 5) is 28.3. The zero-order chi connectivity index (χ0) is 19.2. The van der Waals surface area contributed by atoms with Crippen molar-refractivity contribution in [2.75, 3.05) is 38.7 Å². The van der Waals surface area contributed by atoms with Gasteiger partial charge in [0.2, 0.25) is 0 Å². The lowest BCUT2D eigenvalue weighted by molar-refractivity contribution is 0.0303. The molecule has 0 bridgehead atoms. The number of hydrogen-bond acceptors (Lipinski definition) is 3. The summed E-state index contributed by atoms with van der Waals surface area (Å²) in [6.07, 6.45) is 0. The number of rotatable bonds is 4. The Morgan fingerprint density at radius 3 is 2.41 bits per heavy atom. The molecule has 3 amide bonds. The van der Waals surface area contributed by atoms with Crippen molar-refractivity contribution >= 4 is 17.6 Å². The van der Waals surface area contributed by atoms with Crippen LogP contribution in [-0.4, -0.2) is 55.1 Å². The van der Waals surface area contributed by atoms with E-state index >= 15 is 0 Å². The molecular weight excluding hydrogens is 342 g/mol. The Balaban J connectivity index is 1.58. The first kappa shape index (κ1) is 18.9. The van der Waals surface area contributed by atoms with Gasteiger partial charge >= 0.3 is 6.03 Å². The van der Waals surface area contributed by atoms with Crippen LogP contribution in [-0.2, 0) is 11.3 Å². The number of anilines is 1. The average molecular weight is 367 g/mol. The standard InChI is InChI=1S/C21H25N3O3/c1-16-5-3-4-6-18(16)15-23(2)21(26)22-19-9-7-17(8-10-19)20(25)24-11-13-27-14-12-24/h3-10H,11-15H2,1-2H3,(H,22,26). The van der Waals surface area contributed by atoms with Gasteiger partial charge in [-0.1, -0.05) is 24.3 Å². The van der Waals surface area contributed by atoms with Crippen molar-refractivity contribution in [2.45, 2.75) is 13.5 Å². The van der Waals surface area contributed by atoms with E-state index in [1.165, 1.54) is 0 Å². The third-order valence-electron chi connectivity index (χ3n) is 4.70. The summed E-state index contributed by atoms with van der Waals surface area (Å²) in [6.45, 7) is 4.94. The van der Waals surface area contributed by atoms with Gasteiger partial charge in [-0.05, 0) is 42.3 Å². The molecule has 0 radical (unpaired) electrons. The molecule has 27 heavy (non-hydrogen) atoms. The van der Waals surface area contributed by atoms with Crippen molar-refractivity contribution in [3.8, 4) is 0 Å². The molecule has 6 nitrogen and oxygen atoms in total. The third-order valence-corrected chi connectivity index (χ3v) is 4.70. The number of hydrogen-bond donors (Lipinski definition) is 1. The summed E-state index contributed by atoms with van der Waals surface area (Å²) in [5.74, 6) is -0.00662. The molecule has 1 saturated heterocycles. The molecule has 142 valence electrons. The largest absolute Gasteiger partial charge is 0.378 e. The SMILES string of the molecule is Cc1ccccc1CN(C)C(=O)Nc1ccc(C(=O)N2CCOCC2)cc1. The van der Waals surface area contributed by atoms with Crippen LogP contribution < -0.4 is 5.32 Å². The molecule has 6 heteroatoms. The van der Waals surface area contributed by atoms with Gasteiger partial charge in [-0.3, -0.25) is 4.79 Å². The topological polar surface area (TPSA) is 61.9 Å². The quantitative estimate of drug-likeness (QED) is 0.903. The van der Waals surface area contributed by atoms with Crippen LogP contribution in [0.15, 0.2) is 48.5 Å². The predicted molar refractivity (Wildman–Crippen MR) is 105 cm³/mol. The molecule has 1 aliphatic heterocycles. The van der Waals surface area contributed by atoms with E-state index in [1.807, 2.05) is 31.2 Å². The van der Waals surface area contributed by atoms with Crippen molar-refractivity contribution in [1.82, 2.24) is 9.80 Å². The summed E-state index contributed by atoms with van der Waals surface area (Å²) in [5, 5.41) is 2.87. The first-order chi connectivity index (χ1) is 13.0. The van der Waals surface area contributed by atoms with Crippen LogP contribution in [0.2, 0.25) is 0 Å². The minimum atomic E-state index is -0.189. The summed E-state index contributed by atoms with van der Waals surface area (Å²) in [7, 11) is 1.76. The first-order valence-electron chi connectivity index (χ1n) is 9.08. The lowest BCUT2D eigenvalue weighted by Crippen LogP contribution is -2.40. The number of carbonyl (C=O) groups excluding carboxylic acids is 2. The number of urea groups is 1. The van der Waals surface area contributed by atoms with Gasteiger partial charge in [0.1, 0.15) is 0 Å². The highest BCUT2D eigenvalue weighted by atomic mass is 16.5. The van der Waals surface area contributed by atoms with Gasteiger partial charge in [0.15, 0.2) is 0 Å². The number of ether oxygens (including phenoxy) is 1. The molecule has 0 aliphatic carbocycles. The Labute approximate surface area is 159 Å². The van der Waals surface area contributed by atoms with Gasteiger partial charge in [-0.2, -0.15) is 0 Å². The van der Waals surface area contributed by atoms with Crippen LogP contribution in [0.3, 0.4) is 0 Å². The van der Waals surface area contributed by atoms with E-state index in [9.17, 15) is 9.59 Å². The fraction of sp³-hybridized carbons (Fsp3) is 0.333. The molecule has 0 saturated carbocycles. The Hall–Kier alpha value is -2.86. The number of carbonyl (C=O) groups is 2. The van der Waals surface area contributed by atoms with Crippen molar-refractivity contribution in [1.29, 1.82) is 0 Å². The van der Waals surface area contributed by atoms with Crippen LogP contribution >= 0.6 is 0 Å². The number of amides is 3. The second-order valence-corrected chi connectivity index (χ2v) is 6.69. The molecule has 2 aromatic rings. The van der Waals surface area contributed by atoms with E-state index < -0.39 is 0 Å². The lowest BCUT2D eigenvalue weighted by atomic mass is 10.1. The number of aryl methyl sites for hydroxylation is 1. The molecular formula is C21H25N3O3. The lowest BCUT2D eigenvalue weighted by Gasteiger charge is -2.27. The summed E-state index contributed by atoms with van der Waals surface area (Å²) in [5.41, 5.74) is 3.54. The third kappa shape index (κ3) is 4.86. The highest BCUT2D eigenvalue weighted by Crippen LogP contribution is 2.14. The van der Waals surface area contributed by atoms with Gasteiger partial charge in [-0.25, -0.2) is 4.79 Å². The minimum absolute atomic E-state index is 0.00662. The average Bonchev–Trinajstić information content (AvgIpc) is 2.70. The second-order valence-electron chi connectivity index (χ2n) is 6.69. The van der Waals surface area contributed by atoms with Gasteiger partial charge < -0.3 is 19.9 Å². The highest BCUT2D eigenvalue weighted by Gasteiger charge is 2.18. The summed E-state index contributed by atoms with van der Waals surface area (Å²) < 4.78 is 5.27. The van der Waals surface area contributed by atoms with E-state index in [-0.39, 0.29) is 11.9 Å². The Bertz CT molecular complexity index is 799. The van der Waals surface area contributed by atoms with Gasteiger partial charge in [0.25, 0.3) is 5.91 Å². The second kappa shape index (κ2) is 8.68. The molecule has 0 unspecified atom stereocenters. The highest BCUT2D eigenvalue weighted by molar-refractivity contribution is 5.95. The predicted octanol–water partition coefficient (Wildman–Crippen LogP) is 3.13. The smallest absolute Gasteiger partial charge is 0.321 e. The summed E-state index contributed by atoms with van der Waals surface area (Å²) >= 11 is 0. The molecule has 0 spiro atoms. The molecule has 1 heterocycles. The fourth-order valence-corrected chi connectivity index (χ4v) is 2.98. The van der Waals surface area contributed by atoms with Crippen molar-refractivity contribution in [3.63, 3.8) is 0 Å². The number of nitrogens with zero attached hydrogens (tertiary/aromatic N) is 2. The van der Waals surface area contributed by atoms with Crippen LogP contribution in [0.5, 0.6) is 0 Å². The molecule has 3 rings (SSSR count). The Morgan fingerprint density at radius 1 is 1.07 bits per heavy atom. The van der Waals surface area contributed by atoms with Gasteiger partial charge in [0, 0.05) is 37.9 Å². The van der Waals surface area contributed by atoms with Crippen molar-refractivity contribution < 1.29 is 14.3 Å². The van der Waals surface area contributed by atoms with Crippen molar-refractivity contribution in [2.24, 2.45) is 0 Å². The maximum atomic E-state index is 12.5. The van der Waals surface area contributed by atoms with E-state index in [0.29, 0.717) is 44.1 Å².